The van der Waals surface area contributed by atoms with E-state index in [1.54, 1.807) is 31.0 Å². The van der Waals surface area contributed by atoms with Crippen LogP contribution in [0.5, 0.6) is 0 Å². The molecule has 1 aromatic carbocycles. The molecule has 2 aromatic heterocycles. The lowest BCUT2D eigenvalue weighted by Crippen LogP contribution is -1.96. The Kier molecular flexibility index (Phi) is 3.93. The number of anilines is 1. The summed E-state index contributed by atoms with van der Waals surface area (Å²) < 4.78 is 0. The second kappa shape index (κ2) is 6.38. The van der Waals surface area contributed by atoms with Gasteiger partial charge in [0.15, 0.2) is 0 Å². The fourth-order valence-electron chi connectivity index (χ4n) is 1.78. The maximum Gasteiger partial charge on any atom is 0.243 e. The normalized spacial score (nSPS) is 10.7. The van der Waals surface area contributed by atoms with Gasteiger partial charge in [0.1, 0.15) is 0 Å². The molecule has 1 N–H and O–H groups in total. The average molecular weight is 275 g/mol. The number of nitrogens with one attached hydrogen (secondary N) is 1. The van der Waals surface area contributed by atoms with Gasteiger partial charge in [0, 0.05) is 30.4 Å². The molecule has 3 rings (SSSR count). The van der Waals surface area contributed by atoms with Gasteiger partial charge in [-0.1, -0.05) is 30.3 Å². The lowest BCUT2D eigenvalue weighted by Gasteiger charge is -2.01. The van der Waals surface area contributed by atoms with Crippen LogP contribution in [-0.2, 0) is 0 Å². The van der Waals surface area contributed by atoms with E-state index >= 15 is 0 Å². The van der Waals surface area contributed by atoms with Gasteiger partial charge < -0.3 is 0 Å². The van der Waals surface area contributed by atoms with Gasteiger partial charge in [-0.2, -0.15) is 5.10 Å². The van der Waals surface area contributed by atoms with Crippen molar-refractivity contribution in [3.05, 3.63) is 72.8 Å². The minimum Gasteiger partial charge on any atom is -0.265 e. The molecular weight excluding hydrogens is 262 g/mol. The third kappa shape index (κ3) is 3.48. The Morgan fingerprint density at radius 1 is 0.857 bits per heavy atom. The van der Waals surface area contributed by atoms with Crippen molar-refractivity contribution in [1.82, 2.24) is 15.0 Å². The third-order valence-corrected chi connectivity index (χ3v) is 2.84. The fraction of sp³-hybridized carbons (Fsp3) is 0. The van der Waals surface area contributed by atoms with Gasteiger partial charge in [0.05, 0.1) is 6.21 Å². The first-order valence-electron chi connectivity index (χ1n) is 6.48. The first-order chi connectivity index (χ1) is 10.4. The van der Waals surface area contributed by atoms with Crippen LogP contribution in [0.3, 0.4) is 0 Å². The minimum absolute atomic E-state index is 0.458. The van der Waals surface area contributed by atoms with Crippen molar-refractivity contribution in [2.24, 2.45) is 5.10 Å². The van der Waals surface area contributed by atoms with E-state index in [1.807, 2.05) is 42.5 Å². The van der Waals surface area contributed by atoms with Gasteiger partial charge in [-0.15, -0.1) is 0 Å². The zero-order chi connectivity index (χ0) is 14.3. The van der Waals surface area contributed by atoms with Crippen LogP contribution in [0.25, 0.3) is 11.1 Å². The van der Waals surface area contributed by atoms with Crippen LogP contribution in [0.1, 0.15) is 5.56 Å². The van der Waals surface area contributed by atoms with Gasteiger partial charge in [0.25, 0.3) is 0 Å². The molecule has 5 heteroatoms. The standard InChI is InChI=1S/C16H13N5/c1-2-4-13(5-3-1)10-20-21-16-18-11-15(12-19-16)14-6-8-17-9-7-14/h1-12H,(H,18,19,21)/b20-10-. The molecule has 0 saturated heterocycles. The monoisotopic (exact) mass is 275 g/mol. The highest BCUT2D eigenvalue weighted by molar-refractivity contribution is 5.79. The number of pyridine rings is 1. The smallest absolute Gasteiger partial charge is 0.243 e. The van der Waals surface area contributed by atoms with Crippen LogP contribution in [0.2, 0.25) is 0 Å². The lowest BCUT2D eigenvalue weighted by atomic mass is 10.1. The molecule has 0 aliphatic heterocycles. The summed E-state index contributed by atoms with van der Waals surface area (Å²) in [7, 11) is 0. The molecule has 0 spiro atoms. The Morgan fingerprint density at radius 2 is 1.57 bits per heavy atom. The number of hydrogen-bond acceptors (Lipinski definition) is 5. The van der Waals surface area contributed by atoms with Gasteiger partial charge in [-0.25, -0.2) is 15.4 Å². The summed E-state index contributed by atoms with van der Waals surface area (Å²) in [6.45, 7) is 0. The summed E-state index contributed by atoms with van der Waals surface area (Å²) in [5.41, 5.74) is 5.79. The third-order valence-electron chi connectivity index (χ3n) is 2.84. The molecule has 0 aliphatic rings. The Balaban J connectivity index is 1.66. The number of hydrazone groups is 1. The van der Waals surface area contributed by atoms with Crippen LogP contribution >= 0.6 is 0 Å². The summed E-state index contributed by atoms with van der Waals surface area (Å²) in [6, 6.07) is 13.7. The Labute approximate surface area is 122 Å². The number of rotatable bonds is 4. The van der Waals surface area contributed by atoms with Crippen LogP contribution in [0, 0.1) is 0 Å². The highest BCUT2D eigenvalue weighted by atomic mass is 15.3. The van der Waals surface area contributed by atoms with Crippen molar-refractivity contribution in [2.75, 3.05) is 5.43 Å². The first-order valence-corrected chi connectivity index (χ1v) is 6.48. The minimum atomic E-state index is 0.458. The quantitative estimate of drug-likeness (QED) is 0.587. The molecule has 3 aromatic rings. The van der Waals surface area contributed by atoms with E-state index < -0.39 is 0 Å². The number of aromatic nitrogens is 3. The van der Waals surface area contributed by atoms with Gasteiger partial charge in [0.2, 0.25) is 5.95 Å². The fourth-order valence-corrected chi connectivity index (χ4v) is 1.78. The summed E-state index contributed by atoms with van der Waals surface area (Å²) >= 11 is 0. The average Bonchev–Trinajstić information content (AvgIpc) is 2.57. The van der Waals surface area contributed by atoms with Crippen molar-refractivity contribution in [1.29, 1.82) is 0 Å². The van der Waals surface area contributed by atoms with Crippen LogP contribution in [-0.4, -0.2) is 21.2 Å². The topological polar surface area (TPSA) is 63.1 Å². The van der Waals surface area contributed by atoms with Crippen molar-refractivity contribution in [3.8, 4) is 11.1 Å². The lowest BCUT2D eigenvalue weighted by molar-refractivity contribution is 1.12. The maximum atomic E-state index is 4.23. The molecule has 0 bridgehead atoms. The van der Waals surface area contributed by atoms with E-state index in [2.05, 4.69) is 25.5 Å². The van der Waals surface area contributed by atoms with Crippen LogP contribution in [0.15, 0.2) is 72.4 Å². The molecule has 0 radical (unpaired) electrons. The summed E-state index contributed by atoms with van der Waals surface area (Å²) in [5, 5.41) is 4.10. The van der Waals surface area contributed by atoms with Crippen molar-refractivity contribution in [2.45, 2.75) is 0 Å². The van der Waals surface area contributed by atoms with E-state index in [9.17, 15) is 0 Å². The van der Waals surface area contributed by atoms with E-state index in [1.165, 1.54) is 0 Å². The van der Waals surface area contributed by atoms with Crippen molar-refractivity contribution >= 4 is 12.2 Å². The Morgan fingerprint density at radius 3 is 2.29 bits per heavy atom. The zero-order valence-electron chi connectivity index (χ0n) is 11.2. The number of nitrogens with zero attached hydrogens (tertiary/aromatic N) is 4. The van der Waals surface area contributed by atoms with E-state index in [-0.39, 0.29) is 0 Å². The molecule has 21 heavy (non-hydrogen) atoms. The Bertz CT molecular complexity index is 709. The SMILES string of the molecule is C(=N/Nc1ncc(-c2ccncc2)cn1)/c1ccccc1. The van der Waals surface area contributed by atoms with Gasteiger partial charge in [-0.3, -0.25) is 4.98 Å². The predicted molar refractivity (Wildman–Crippen MR) is 82.9 cm³/mol. The van der Waals surface area contributed by atoms with Crippen molar-refractivity contribution in [3.63, 3.8) is 0 Å². The van der Waals surface area contributed by atoms with Crippen LogP contribution < -0.4 is 5.43 Å². The van der Waals surface area contributed by atoms with Gasteiger partial charge >= 0.3 is 0 Å². The highest BCUT2D eigenvalue weighted by Gasteiger charge is 1.99. The van der Waals surface area contributed by atoms with Crippen molar-refractivity contribution < 1.29 is 0 Å². The molecule has 102 valence electrons. The predicted octanol–water partition coefficient (Wildman–Crippen LogP) is 2.98. The van der Waals surface area contributed by atoms with Gasteiger partial charge in [-0.05, 0) is 23.3 Å². The maximum absolute atomic E-state index is 4.23. The van der Waals surface area contributed by atoms with Crippen LogP contribution in [0.4, 0.5) is 5.95 Å². The molecule has 0 fully saturated rings. The molecular formula is C16H13N5. The first kappa shape index (κ1) is 12.9. The number of hydrogen-bond donors (Lipinski definition) is 1. The molecule has 5 nitrogen and oxygen atoms in total. The number of benzene rings is 1. The zero-order valence-corrected chi connectivity index (χ0v) is 11.2. The second-order valence-electron chi connectivity index (χ2n) is 4.31. The molecule has 0 atom stereocenters. The summed E-state index contributed by atoms with van der Waals surface area (Å²) in [5.74, 6) is 0.458. The molecule has 0 unspecified atom stereocenters. The summed E-state index contributed by atoms with van der Waals surface area (Å²) in [4.78, 5) is 12.4. The molecule has 2 heterocycles. The molecule has 0 aliphatic carbocycles. The Hall–Kier alpha value is -3.08. The van der Waals surface area contributed by atoms with E-state index in [0.29, 0.717) is 5.95 Å². The molecule has 0 saturated carbocycles. The summed E-state index contributed by atoms with van der Waals surface area (Å²) in [6.07, 6.45) is 8.71. The molecule has 0 amide bonds. The van der Waals surface area contributed by atoms with E-state index in [4.69, 9.17) is 0 Å². The highest BCUT2D eigenvalue weighted by Crippen LogP contribution is 2.16. The van der Waals surface area contributed by atoms with E-state index in [0.717, 1.165) is 16.7 Å². The second-order valence-corrected chi connectivity index (χ2v) is 4.31. The largest absolute Gasteiger partial charge is 0.265 e.